The van der Waals surface area contributed by atoms with Crippen molar-refractivity contribution in [2.24, 2.45) is 0 Å². The van der Waals surface area contributed by atoms with Crippen molar-refractivity contribution in [2.75, 3.05) is 5.88 Å². The van der Waals surface area contributed by atoms with Gasteiger partial charge < -0.3 is 0 Å². The number of alkyl halides is 1. The maximum atomic E-state index is 9.91. The first-order valence-corrected chi connectivity index (χ1v) is 2.93. The molecule has 4 heteroatoms. The van der Waals surface area contributed by atoms with Crippen molar-refractivity contribution >= 4 is 28.4 Å². The second kappa shape index (κ2) is 7.96. The number of carbonyl (C=O) groups is 1. The molecule has 0 heterocycles. The molecule has 0 bridgehead atoms. The van der Waals surface area contributed by atoms with Gasteiger partial charge in [-0.3, -0.25) is 4.79 Å². The zero-order valence-electron chi connectivity index (χ0n) is 4.29. The van der Waals surface area contributed by atoms with Crippen molar-refractivity contribution in [3.8, 4) is 0 Å². The Kier molecular flexibility index (Phi) is 11.7. The van der Waals surface area contributed by atoms with Crippen molar-refractivity contribution in [2.45, 2.75) is 12.8 Å². The van der Waals surface area contributed by atoms with Crippen LogP contribution in [0.1, 0.15) is 12.8 Å². The minimum atomic E-state index is -0.305. The average Bonchev–Trinajstić information content (AvgIpc) is 1.61. The van der Waals surface area contributed by atoms with E-state index in [4.69, 9.17) is 23.2 Å². The monoisotopic (exact) mass is 188 g/mol. The molecule has 8 heavy (non-hydrogen) atoms. The Labute approximate surface area is 73.6 Å². The van der Waals surface area contributed by atoms with Crippen LogP contribution < -0.4 is 0 Å². The van der Waals surface area contributed by atoms with E-state index < -0.39 is 0 Å². The van der Waals surface area contributed by atoms with E-state index in [2.05, 4.69) is 0 Å². The topological polar surface area (TPSA) is 17.1 Å². The van der Waals surface area contributed by atoms with Gasteiger partial charge in [0.1, 0.15) is 0 Å². The third-order valence-corrected chi connectivity index (χ3v) is 0.963. The first-order chi connectivity index (χ1) is 3.27. The molecule has 46 valence electrons. The molecule has 0 aliphatic heterocycles. The molecule has 0 saturated heterocycles. The van der Waals surface area contributed by atoms with Crippen molar-refractivity contribution in [1.29, 1.82) is 0 Å². The molecule has 0 atom stereocenters. The molecule has 0 aliphatic carbocycles. The van der Waals surface area contributed by atoms with Gasteiger partial charge in [0.2, 0.25) is 5.24 Å². The molecule has 0 spiro atoms. The molecule has 0 unspecified atom stereocenters. The number of halogens is 2. The van der Waals surface area contributed by atoms with E-state index in [-0.39, 0.29) is 27.0 Å². The van der Waals surface area contributed by atoms with Gasteiger partial charge in [-0.05, 0) is 18.0 Å². The quantitative estimate of drug-likeness (QED) is 0.375. The Morgan fingerprint density at radius 3 is 2.12 bits per heavy atom. The Hall–Kier alpha value is 0.964. The Bertz CT molecular complexity index is 67.1. The second-order valence-electron chi connectivity index (χ2n) is 1.15. The summed E-state index contributed by atoms with van der Waals surface area (Å²) < 4.78 is 0. The summed E-state index contributed by atoms with van der Waals surface area (Å²) in [5.41, 5.74) is 0. The van der Waals surface area contributed by atoms with Crippen LogP contribution in [-0.2, 0) is 26.5 Å². The van der Waals surface area contributed by atoms with Crippen molar-refractivity contribution < 1.29 is 26.5 Å². The number of hydrogen-bond acceptors (Lipinski definition) is 1. The summed E-state index contributed by atoms with van der Waals surface area (Å²) in [5.74, 6) is 0.512. The summed E-state index contributed by atoms with van der Waals surface area (Å²) in [6, 6.07) is 0. The third kappa shape index (κ3) is 10.1. The first kappa shape index (κ1) is 11.7. The van der Waals surface area contributed by atoms with Gasteiger partial charge >= 0.3 is 0 Å². The summed E-state index contributed by atoms with van der Waals surface area (Å²) in [7, 11) is 0. The molecule has 0 fully saturated rings. The second-order valence-corrected chi connectivity index (χ2v) is 1.95. The van der Waals surface area contributed by atoms with E-state index in [0.717, 1.165) is 0 Å². The van der Waals surface area contributed by atoms with Crippen molar-refractivity contribution in [3.05, 3.63) is 0 Å². The number of rotatable bonds is 3. The Morgan fingerprint density at radius 1 is 1.50 bits per heavy atom. The van der Waals surface area contributed by atoms with Crippen LogP contribution in [0.25, 0.3) is 0 Å². The number of hydrogen-bond donors (Lipinski definition) is 0. The van der Waals surface area contributed by atoms with E-state index >= 15 is 0 Å². The van der Waals surface area contributed by atoms with Crippen LogP contribution in [0.15, 0.2) is 0 Å². The standard InChI is InChI=1S/C4H6Cl2O.Ti/c5-3-1-2-4(6)7;/h1-3H2;. The zero-order chi connectivity index (χ0) is 5.70. The predicted octanol–water partition coefficient (Wildman–Crippen LogP) is 1.77. The zero-order valence-corrected chi connectivity index (χ0v) is 7.36. The predicted molar refractivity (Wildman–Crippen MR) is 30.8 cm³/mol. The fourth-order valence-corrected chi connectivity index (χ4v) is 0.473. The molecule has 0 radical (unpaired) electrons. The fourth-order valence-electron chi connectivity index (χ4n) is 0.206. The van der Waals surface area contributed by atoms with Gasteiger partial charge in [0.25, 0.3) is 0 Å². The van der Waals surface area contributed by atoms with E-state index in [1.165, 1.54) is 0 Å². The van der Waals surface area contributed by atoms with Crippen LogP contribution >= 0.6 is 23.2 Å². The van der Waals surface area contributed by atoms with Crippen LogP contribution in [0.5, 0.6) is 0 Å². The summed E-state index contributed by atoms with van der Waals surface area (Å²) in [6.45, 7) is 0. The van der Waals surface area contributed by atoms with Crippen molar-refractivity contribution in [3.63, 3.8) is 0 Å². The largest absolute Gasteiger partial charge is 0.281 e. The molecule has 0 amide bonds. The van der Waals surface area contributed by atoms with Crippen molar-refractivity contribution in [1.82, 2.24) is 0 Å². The molecular weight excluding hydrogens is 183 g/mol. The first-order valence-electron chi connectivity index (χ1n) is 2.01. The number of carbonyl (C=O) groups excluding carboxylic acids is 1. The normalized spacial score (nSPS) is 7.75. The molecule has 0 aromatic carbocycles. The van der Waals surface area contributed by atoms with Crippen LogP contribution in [-0.4, -0.2) is 11.1 Å². The molecule has 0 N–H and O–H groups in total. The molecule has 0 rings (SSSR count). The molecule has 0 saturated carbocycles. The van der Waals surface area contributed by atoms with Crippen LogP contribution in [0.2, 0.25) is 0 Å². The SMILES string of the molecule is O=C(Cl)CCCCl.[Ti]. The summed E-state index contributed by atoms with van der Waals surface area (Å²) in [5, 5.41) is -0.305. The van der Waals surface area contributed by atoms with Gasteiger partial charge in [-0.1, -0.05) is 0 Å². The average molecular weight is 189 g/mol. The maximum absolute atomic E-state index is 9.91. The molecule has 0 aliphatic rings. The molecule has 1 nitrogen and oxygen atoms in total. The van der Waals surface area contributed by atoms with Crippen LogP contribution in [0.3, 0.4) is 0 Å². The van der Waals surface area contributed by atoms with Crippen LogP contribution in [0, 0.1) is 0 Å². The van der Waals surface area contributed by atoms with Gasteiger partial charge in [-0.25, -0.2) is 0 Å². The van der Waals surface area contributed by atoms with E-state index in [1.54, 1.807) is 0 Å². The fraction of sp³-hybridized carbons (Fsp3) is 0.750. The van der Waals surface area contributed by atoms with Gasteiger partial charge in [-0.15, -0.1) is 11.6 Å². The Morgan fingerprint density at radius 2 is 2.00 bits per heavy atom. The van der Waals surface area contributed by atoms with Gasteiger partial charge in [0.05, 0.1) is 0 Å². The van der Waals surface area contributed by atoms with E-state index in [1.807, 2.05) is 0 Å². The van der Waals surface area contributed by atoms with Crippen LogP contribution in [0.4, 0.5) is 0 Å². The smallest absolute Gasteiger partial charge is 0.221 e. The summed E-state index contributed by atoms with van der Waals surface area (Å²) in [4.78, 5) is 9.91. The minimum absolute atomic E-state index is 0. The molecule has 0 aromatic rings. The maximum Gasteiger partial charge on any atom is 0.221 e. The molecular formula is C4H6Cl2OTi. The Balaban J connectivity index is 0. The van der Waals surface area contributed by atoms with Gasteiger partial charge in [-0.2, -0.15) is 0 Å². The summed E-state index contributed by atoms with van der Waals surface area (Å²) >= 11 is 10.2. The molecule has 0 aromatic heterocycles. The van der Waals surface area contributed by atoms with Gasteiger partial charge in [0, 0.05) is 34.0 Å². The third-order valence-electron chi connectivity index (χ3n) is 0.507. The minimum Gasteiger partial charge on any atom is -0.281 e. The van der Waals surface area contributed by atoms with E-state index in [0.29, 0.717) is 18.7 Å². The van der Waals surface area contributed by atoms with E-state index in [9.17, 15) is 4.79 Å². The summed E-state index contributed by atoms with van der Waals surface area (Å²) in [6.07, 6.45) is 1.08. The van der Waals surface area contributed by atoms with Gasteiger partial charge in [0.15, 0.2) is 0 Å².